The summed E-state index contributed by atoms with van der Waals surface area (Å²) < 4.78 is 30.2. The molecule has 1 atom stereocenters. The van der Waals surface area contributed by atoms with Crippen LogP contribution < -0.4 is 0 Å². The molecule has 0 fully saturated rings. The van der Waals surface area contributed by atoms with Crippen LogP contribution >= 0.6 is 0 Å². The van der Waals surface area contributed by atoms with E-state index in [4.69, 9.17) is 30.1 Å². The van der Waals surface area contributed by atoms with Gasteiger partial charge >= 0.3 is 5.97 Å². The van der Waals surface area contributed by atoms with Gasteiger partial charge in [0.25, 0.3) is 10.1 Å². The lowest BCUT2D eigenvalue weighted by molar-refractivity contribution is -0.136. The van der Waals surface area contributed by atoms with Crippen LogP contribution in [0.15, 0.2) is 0 Å². The monoisotopic (exact) mass is 402 g/mol. The van der Waals surface area contributed by atoms with Gasteiger partial charge in [-0.2, -0.15) is 8.42 Å². The largest absolute Gasteiger partial charge is 0.480 e. The van der Waals surface area contributed by atoms with E-state index in [1.807, 2.05) is 0 Å². The topological polar surface area (TPSA) is 173 Å². The van der Waals surface area contributed by atoms with Gasteiger partial charge in [-0.15, -0.1) is 0 Å². The Hall–Kier alpha value is -0.780. The number of rotatable bonds is 14. The van der Waals surface area contributed by atoms with E-state index < -0.39 is 53.2 Å². The molecule has 0 aromatic heterocycles. The summed E-state index contributed by atoms with van der Waals surface area (Å²) in [5.74, 6) is -1.47. The van der Waals surface area contributed by atoms with Crippen molar-refractivity contribution in [1.29, 1.82) is 0 Å². The Kier molecular flexibility index (Phi) is 16.1. The van der Waals surface area contributed by atoms with Crippen LogP contribution in [0.1, 0.15) is 58.3 Å². The lowest BCUT2D eigenvalue weighted by Gasteiger charge is -2.23. The Morgan fingerprint density at radius 2 is 1.23 bits per heavy atom. The molecule has 158 valence electrons. The van der Waals surface area contributed by atoms with Crippen molar-refractivity contribution >= 4 is 16.1 Å². The Balaban J connectivity index is 0. The molecule has 0 saturated heterocycles. The van der Waals surface area contributed by atoms with Crippen molar-refractivity contribution in [1.82, 2.24) is 0 Å². The molecule has 0 spiro atoms. The number of aliphatic hydroxyl groups is 4. The van der Waals surface area contributed by atoms with Crippen molar-refractivity contribution in [3.05, 3.63) is 0 Å². The third-order valence-corrected chi connectivity index (χ3v) is 5.20. The summed E-state index contributed by atoms with van der Waals surface area (Å²) in [4.78, 5) is 10.6. The molecule has 1 unspecified atom stereocenters. The molecular formula is C16H34O9S. The highest BCUT2D eigenvalue weighted by Crippen LogP contribution is 2.13. The Morgan fingerprint density at radius 1 is 0.846 bits per heavy atom. The predicted molar refractivity (Wildman–Crippen MR) is 96.4 cm³/mol. The van der Waals surface area contributed by atoms with Crippen LogP contribution in [-0.4, -0.2) is 76.1 Å². The zero-order chi connectivity index (χ0) is 20.6. The molecule has 0 bridgehead atoms. The molecule has 0 amide bonds. The normalized spacial score (nSPS) is 13.0. The maximum absolute atomic E-state index is 10.8. The quantitative estimate of drug-likeness (QED) is 0.178. The summed E-state index contributed by atoms with van der Waals surface area (Å²) in [6.45, 7) is 0.504. The number of carboxylic acids is 1. The minimum atomic E-state index is -4.47. The van der Waals surface area contributed by atoms with Crippen LogP contribution in [0.3, 0.4) is 0 Å². The third kappa shape index (κ3) is 12.6. The zero-order valence-corrected chi connectivity index (χ0v) is 16.2. The number of hydrogen-bond donors (Lipinski definition) is 6. The van der Waals surface area contributed by atoms with Crippen molar-refractivity contribution < 1.29 is 43.3 Å². The van der Waals surface area contributed by atoms with Crippen molar-refractivity contribution in [2.45, 2.75) is 63.5 Å². The molecule has 0 aromatic rings. The van der Waals surface area contributed by atoms with Crippen molar-refractivity contribution in [3.63, 3.8) is 0 Å². The van der Waals surface area contributed by atoms with E-state index in [-0.39, 0.29) is 6.42 Å². The summed E-state index contributed by atoms with van der Waals surface area (Å²) >= 11 is 0. The summed E-state index contributed by atoms with van der Waals surface area (Å²) in [5, 5.41) is 41.0. The first-order chi connectivity index (χ1) is 12.1. The maximum atomic E-state index is 10.8. The highest BCUT2D eigenvalue weighted by atomic mass is 32.2. The van der Waals surface area contributed by atoms with Crippen molar-refractivity contribution in [2.24, 2.45) is 5.41 Å². The summed E-state index contributed by atoms with van der Waals surface area (Å²) in [6.07, 6.45) is 6.92. The van der Waals surface area contributed by atoms with Gasteiger partial charge in [0.2, 0.25) is 0 Å². The molecule has 0 saturated carbocycles. The highest BCUT2D eigenvalue weighted by Gasteiger charge is 2.29. The molecule has 26 heavy (non-hydrogen) atoms. The van der Waals surface area contributed by atoms with Crippen LogP contribution in [0, 0.1) is 5.41 Å². The molecule has 0 rings (SSSR count). The SMILES string of the molecule is CCCCCCCCCC(C(=O)O)S(=O)(=O)O.OCC(CO)(CO)CO. The van der Waals surface area contributed by atoms with Gasteiger partial charge in [0.05, 0.1) is 31.8 Å². The molecule has 10 heteroatoms. The van der Waals surface area contributed by atoms with Crippen LogP contribution in [0.2, 0.25) is 0 Å². The second kappa shape index (κ2) is 15.3. The number of unbranched alkanes of at least 4 members (excludes halogenated alkanes) is 6. The minimum Gasteiger partial charge on any atom is -0.480 e. The summed E-state index contributed by atoms with van der Waals surface area (Å²) in [5.41, 5.74) is -1.11. The molecule has 0 radical (unpaired) electrons. The fourth-order valence-corrected chi connectivity index (χ4v) is 2.71. The Morgan fingerprint density at radius 3 is 1.50 bits per heavy atom. The first kappa shape index (κ1) is 27.4. The van der Waals surface area contributed by atoms with E-state index in [1.165, 1.54) is 12.8 Å². The first-order valence-electron chi connectivity index (χ1n) is 8.76. The number of aliphatic hydroxyl groups excluding tert-OH is 4. The lowest BCUT2D eigenvalue weighted by Crippen LogP contribution is -2.37. The fraction of sp³-hybridized carbons (Fsp3) is 0.938. The van der Waals surface area contributed by atoms with Crippen LogP contribution in [0.25, 0.3) is 0 Å². The average molecular weight is 403 g/mol. The summed E-state index contributed by atoms with van der Waals surface area (Å²) in [6, 6.07) is 0. The molecular weight excluding hydrogens is 368 g/mol. The molecule has 0 aliphatic heterocycles. The van der Waals surface area contributed by atoms with Gasteiger partial charge < -0.3 is 25.5 Å². The fourth-order valence-electron chi connectivity index (χ4n) is 1.99. The second-order valence-electron chi connectivity index (χ2n) is 6.38. The van der Waals surface area contributed by atoms with Crippen LogP contribution in [0.5, 0.6) is 0 Å². The Bertz CT molecular complexity index is 429. The zero-order valence-electron chi connectivity index (χ0n) is 15.4. The van der Waals surface area contributed by atoms with Crippen LogP contribution in [0.4, 0.5) is 0 Å². The molecule has 9 nitrogen and oxygen atoms in total. The van der Waals surface area contributed by atoms with Gasteiger partial charge in [-0.3, -0.25) is 9.35 Å². The van der Waals surface area contributed by atoms with Gasteiger partial charge in [0.15, 0.2) is 5.25 Å². The summed E-state index contributed by atoms with van der Waals surface area (Å²) in [7, 11) is -4.47. The molecule has 6 N–H and O–H groups in total. The van der Waals surface area contributed by atoms with Crippen LogP contribution in [-0.2, 0) is 14.9 Å². The van der Waals surface area contributed by atoms with Gasteiger partial charge in [-0.25, -0.2) is 0 Å². The molecule has 0 heterocycles. The molecule has 0 aliphatic carbocycles. The minimum absolute atomic E-state index is 0.0120. The maximum Gasteiger partial charge on any atom is 0.324 e. The smallest absolute Gasteiger partial charge is 0.324 e. The molecule has 0 aliphatic rings. The number of carboxylic acid groups (broad SMARTS) is 1. The van der Waals surface area contributed by atoms with Gasteiger partial charge in [-0.05, 0) is 6.42 Å². The first-order valence-corrected chi connectivity index (χ1v) is 10.3. The lowest BCUT2D eigenvalue weighted by atomic mass is 9.93. The molecule has 0 aromatic carbocycles. The van der Waals surface area contributed by atoms with Crippen molar-refractivity contribution in [2.75, 3.05) is 26.4 Å². The van der Waals surface area contributed by atoms with E-state index in [2.05, 4.69) is 6.92 Å². The van der Waals surface area contributed by atoms with E-state index >= 15 is 0 Å². The number of aliphatic carboxylic acids is 1. The predicted octanol–water partition coefficient (Wildman–Crippen LogP) is 0.410. The third-order valence-electron chi connectivity index (χ3n) is 4.05. The van der Waals surface area contributed by atoms with E-state index in [9.17, 15) is 13.2 Å². The van der Waals surface area contributed by atoms with E-state index in [0.717, 1.165) is 25.7 Å². The van der Waals surface area contributed by atoms with Gasteiger partial charge in [0.1, 0.15) is 0 Å². The van der Waals surface area contributed by atoms with Crippen molar-refractivity contribution in [3.8, 4) is 0 Å². The van der Waals surface area contributed by atoms with E-state index in [1.54, 1.807) is 0 Å². The Labute approximate surface area is 155 Å². The standard InChI is InChI=1S/C11H22O5S.C5H12O4/c1-2-3-4-5-6-7-8-9-10(11(12)13)17(14,15)16;6-1-5(2-7,3-8)4-9/h10H,2-9H2,1H3,(H,12,13)(H,14,15,16);6-9H,1-4H2. The van der Waals surface area contributed by atoms with Gasteiger partial charge in [0, 0.05) is 0 Å². The number of carbonyl (C=O) groups is 1. The number of hydrogen-bond acceptors (Lipinski definition) is 7. The van der Waals surface area contributed by atoms with E-state index in [0.29, 0.717) is 6.42 Å². The average Bonchev–Trinajstić information content (AvgIpc) is 2.59. The van der Waals surface area contributed by atoms with Gasteiger partial charge in [-0.1, -0.05) is 51.9 Å². The highest BCUT2D eigenvalue weighted by molar-refractivity contribution is 7.87. The second-order valence-corrected chi connectivity index (χ2v) is 7.98.